The van der Waals surface area contributed by atoms with Crippen molar-refractivity contribution in [2.45, 2.75) is 13.8 Å². The SMILES string of the molecule is C.COC1=CC(SC)=C(N)C=CC1. The van der Waals surface area contributed by atoms with E-state index in [0.29, 0.717) is 0 Å². The lowest BCUT2D eigenvalue weighted by atomic mass is 10.3. The van der Waals surface area contributed by atoms with E-state index in [1.54, 1.807) is 18.9 Å². The van der Waals surface area contributed by atoms with E-state index >= 15 is 0 Å². The molecule has 1 aliphatic rings. The lowest BCUT2D eigenvalue weighted by molar-refractivity contribution is 0.285. The van der Waals surface area contributed by atoms with Crippen LogP contribution in [0.15, 0.2) is 34.6 Å². The van der Waals surface area contributed by atoms with Gasteiger partial charge in [-0.2, -0.15) is 0 Å². The Morgan fingerprint density at radius 3 is 2.77 bits per heavy atom. The first kappa shape index (κ1) is 12.2. The minimum Gasteiger partial charge on any atom is -0.501 e. The molecular formula is C10H17NOS. The van der Waals surface area contributed by atoms with E-state index in [9.17, 15) is 0 Å². The highest BCUT2D eigenvalue weighted by Gasteiger charge is 2.03. The van der Waals surface area contributed by atoms with Gasteiger partial charge in [0.15, 0.2) is 0 Å². The van der Waals surface area contributed by atoms with Crippen LogP contribution in [0.25, 0.3) is 0 Å². The summed E-state index contributed by atoms with van der Waals surface area (Å²) in [7, 11) is 1.68. The zero-order valence-corrected chi connectivity index (χ0v) is 8.15. The molecule has 1 aliphatic carbocycles. The molecule has 13 heavy (non-hydrogen) atoms. The minimum absolute atomic E-state index is 0. The number of nitrogens with two attached hydrogens (primary N) is 1. The van der Waals surface area contributed by atoms with Crippen molar-refractivity contribution in [3.8, 4) is 0 Å². The molecule has 0 aromatic heterocycles. The van der Waals surface area contributed by atoms with Crippen molar-refractivity contribution in [1.82, 2.24) is 0 Å². The summed E-state index contributed by atoms with van der Waals surface area (Å²) in [5, 5.41) is 0. The van der Waals surface area contributed by atoms with Crippen LogP contribution in [0, 0.1) is 0 Å². The smallest absolute Gasteiger partial charge is 0.100 e. The monoisotopic (exact) mass is 199 g/mol. The summed E-state index contributed by atoms with van der Waals surface area (Å²) in [5.41, 5.74) is 6.59. The zero-order chi connectivity index (χ0) is 8.97. The van der Waals surface area contributed by atoms with Crippen LogP contribution in [0.4, 0.5) is 0 Å². The fourth-order valence-electron chi connectivity index (χ4n) is 0.992. The molecule has 74 valence electrons. The number of rotatable bonds is 2. The number of thioether (sulfide) groups is 1. The molecule has 0 heterocycles. The Morgan fingerprint density at radius 2 is 2.23 bits per heavy atom. The van der Waals surface area contributed by atoms with Gasteiger partial charge < -0.3 is 10.5 Å². The van der Waals surface area contributed by atoms with Gasteiger partial charge in [-0.25, -0.2) is 0 Å². The highest BCUT2D eigenvalue weighted by Crippen LogP contribution is 2.22. The predicted octanol–water partition coefficient (Wildman–Crippen LogP) is 2.65. The molecule has 0 fully saturated rings. The summed E-state index contributed by atoms with van der Waals surface area (Å²) in [6, 6.07) is 0. The van der Waals surface area contributed by atoms with E-state index in [1.807, 2.05) is 24.5 Å². The van der Waals surface area contributed by atoms with Crippen LogP contribution in [0.2, 0.25) is 0 Å². The van der Waals surface area contributed by atoms with Crippen molar-refractivity contribution in [2.75, 3.05) is 13.4 Å². The third-order valence-corrected chi connectivity index (χ3v) is 2.47. The third-order valence-electron chi connectivity index (χ3n) is 1.68. The molecule has 0 aliphatic heterocycles. The molecule has 3 heteroatoms. The standard InChI is InChI=1S/C9H13NOS.CH4/c1-11-7-4-3-5-8(10)9(6-7)12-2;/h3,5-6H,4,10H2,1-2H3;1H4. The molecule has 0 saturated carbocycles. The fourth-order valence-corrected chi connectivity index (χ4v) is 1.54. The molecule has 1 rings (SSSR count). The normalized spacial score (nSPS) is 16.0. The Labute approximate surface area is 84.5 Å². The van der Waals surface area contributed by atoms with Gasteiger partial charge in [-0.05, 0) is 18.4 Å². The van der Waals surface area contributed by atoms with Gasteiger partial charge in [-0.3, -0.25) is 0 Å². The Balaban J connectivity index is 0.00000144. The summed E-state index contributed by atoms with van der Waals surface area (Å²) in [6.07, 6.45) is 8.74. The number of ether oxygens (including phenoxy) is 1. The Kier molecular flexibility index (Phi) is 5.39. The number of hydrogen-bond acceptors (Lipinski definition) is 3. The van der Waals surface area contributed by atoms with Gasteiger partial charge in [0.2, 0.25) is 0 Å². The second kappa shape index (κ2) is 5.75. The average molecular weight is 199 g/mol. The van der Waals surface area contributed by atoms with Crippen LogP contribution in [0.5, 0.6) is 0 Å². The van der Waals surface area contributed by atoms with E-state index in [-0.39, 0.29) is 7.43 Å². The van der Waals surface area contributed by atoms with Crippen molar-refractivity contribution in [3.05, 3.63) is 34.6 Å². The van der Waals surface area contributed by atoms with E-state index in [0.717, 1.165) is 22.8 Å². The van der Waals surface area contributed by atoms with Crippen molar-refractivity contribution in [2.24, 2.45) is 5.73 Å². The Morgan fingerprint density at radius 1 is 1.54 bits per heavy atom. The molecule has 2 nitrogen and oxygen atoms in total. The van der Waals surface area contributed by atoms with Crippen LogP contribution >= 0.6 is 11.8 Å². The van der Waals surface area contributed by atoms with Crippen LogP contribution in [-0.2, 0) is 4.74 Å². The third kappa shape index (κ3) is 3.19. The maximum atomic E-state index is 5.78. The highest BCUT2D eigenvalue weighted by atomic mass is 32.2. The molecule has 0 saturated heterocycles. The molecular weight excluding hydrogens is 182 g/mol. The molecule has 0 bridgehead atoms. The van der Waals surface area contributed by atoms with Gasteiger partial charge >= 0.3 is 0 Å². The first-order valence-electron chi connectivity index (χ1n) is 3.72. The van der Waals surface area contributed by atoms with Crippen molar-refractivity contribution < 1.29 is 4.74 Å². The molecule has 0 radical (unpaired) electrons. The van der Waals surface area contributed by atoms with Crippen LogP contribution < -0.4 is 5.73 Å². The number of methoxy groups -OCH3 is 1. The molecule has 0 amide bonds. The van der Waals surface area contributed by atoms with Gasteiger partial charge in [0, 0.05) is 17.0 Å². The second-order valence-corrected chi connectivity index (χ2v) is 3.29. The average Bonchev–Trinajstić information content (AvgIpc) is 2.27. The van der Waals surface area contributed by atoms with Gasteiger partial charge in [0.25, 0.3) is 0 Å². The minimum atomic E-state index is 0. The summed E-state index contributed by atoms with van der Waals surface area (Å²) in [5.74, 6) is 0.955. The second-order valence-electron chi connectivity index (χ2n) is 2.44. The Bertz CT molecular complexity index is 254. The van der Waals surface area contributed by atoms with Crippen molar-refractivity contribution in [1.29, 1.82) is 0 Å². The van der Waals surface area contributed by atoms with E-state index in [2.05, 4.69) is 0 Å². The summed E-state index contributed by atoms with van der Waals surface area (Å²) >= 11 is 1.63. The molecule has 0 aromatic rings. The predicted molar refractivity (Wildman–Crippen MR) is 60.3 cm³/mol. The van der Waals surface area contributed by atoms with E-state index < -0.39 is 0 Å². The van der Waals surface area contributed by atoms with Crippen molar-refractivity contribution in [3.63, 3.8) is 0 Å². The highest BCUT2D eigenvalue weighted by molar-refractivity contribution is 8.02. The molecule has 0 spiro atoms. The maximum absolute atomic E-state index is 5.78. The van der Waals surface area contributed by atoms with Crippen LogP contribution in [0.1, 0.15) is 13.8 Å². The van der Waals surface area contributed by atoms with Gasteiger partial charge in [0.05, 0.1) is 7.11 Å². The number of allylic oxidation sites excluding steroid dienone is 3. The molecule has 2 N–H and O–H groups in total. The first-order chi connectivity index (χ1) is 5.77. The van der Waals surface area contributed by atoms with E-state index in [1.165, 1.54) is 0 Å². The largest absolute Gasteiger partial charge is 0.501 e. The summed E-state index contributed by atoms with van der Waals surface area (Å²) in [4.78, 5) is 1.07. The van der Waals surface area contributed by atoms with Gasteiger partial charge in [0.1, 0.15) is 5.76 Å². The molecule has 0 aromatic carbocycles. The lowest BCUT2D eigenvalue weighted by Gasteiger charge is -2.02. The first-order valence-corrected chi connectivity index (χ1v) is 4.95. The van der Waals surface area contributed by atoms with Crippen molar-refractivity contribution >= 4 is 11.8 Å². The fraction of sp³-hybridized carbons (Fsp3) is 0.400. The number of hydrogen-bond donors (Lipinski definition) is 1. The molecule has 0 unspecified atom stereocenters. The van der Waals surface area contributed by atoms with Gasteiger partial charge in [-0.1, -0.05) is 13.5 Å². The summed E-state index contributed by atoms with van der Waals surface area (Å²) < 4.78 is 5.16. The maximum Gasteiger partial charge on any atom is 0.100 e. The lowest BCUT2D eigenvalue weighted by Crippen LogP contribution is -1.95. The topological polar surface area (TPSA) is 35.2 Å². The van der Waals surface area contributed by atoms with E-state index in [4.69, 9.17) is 10.5 Å². The van der Waals surface area contributed by atoms with Crippen LogP contribution in [0.3, 0.4) is 0 Å². The van der Waals surface area contributed by atoms with Gasteiger partial charge in [-0.15, -0.1) is 11.8 Å². The quantitative estimate of drug-likeness (QED) is 0.742. The summed E-state index contributed by atoms with van der Waals surface area (Å²) in [6.45, 7) is 0. The molecule has 0 atom stereocenters. The Hall–Kier alpha value is -0.830. The zero-order valence-electron chi connectivity index (χ0n) is 7.33. The van der Waals surface area contributed by atoms with Crippen LogP contribution in [-0.4, -0.2) is 13.4 Å².